The average molecular weight is 383 g/mol. The summed E-state index contributed by atoms with van der Waals surface area (Å²) in [5, 5.41) is 10.8. The summed E-state index contributed by atoms with van der Waals surface area (Å²) in [6, 6.07) is 19.3. The van der Waals surface area contributed by atoms with E-state index >= 15 is 0 Å². The topological polar surface area (TPSA) is 73.9 Å². The van der Waals surface area contributed by atoms with Gasteiger partial charge >= 0.3 is 0 Å². The molecule has 28 heavy (non-hydrogen) atoms. The van der Waals surface area contributed by atoms with Crippen LogP contribution in [0.3, 0.4) is 0 Å². The molecule has 0 aromatic heterocycles. The second-order valence-corrected chi connectivity index (χ2v) is 7.07. The number of hydrogen-bond acceptors (Lipinski definition) is 5. The first-order valence-corrected chi connectivity index (χ1v) is 9.66. The summed E-state index contributed by atoms with van der Waals surface area (Å²) in [6.07, 6.45) is 0.188. The maximum absolute atomic E-state index is 10.8. The van der Waals surface area contributed by atoms with Crippen LogP contribution in [0.25, 0.3) is 0 Å². The third-order valence-electron chi connectivity index (χ3n) is 4.95. The van der Waals surface area contributed by atoms with Gasteiger partial charge in [0.25, 0.3) is 0 Å². The Morgan fingerprint density at radius 1 is 0.964 bits per heavy atom. The molecule has 0 radical (unpaired) electrons. The van der Waals surface area contributed by atoms with Crippen molar-refractivity contribution >= 4 is 0 Å². The summed E-state index contributed by atoms with van der Waals surface area (Å²) >= 11 is 0. The molecule has 0 bridgehead atoms. The van der Waals surface area contributed by atoms with Crippen LogP contribution < -0.4 is 5.73 Å². The Hall–Kier alpha value is -2.02. The molecule has 3 N–H and O–H groups in total. The molecule has 5 nitrogen and oxygen atoms in total. The summed E-state index contributed by atoms with van der Waals surface area (Å²) in [7, 11) is 0. The van der Waals surface area contributed by atoms with Gasteiger partial charge in [0.1, 0.15) is 18.3 Å². The van der Waals surface area contributed by atoms with Crippen LogP contribution in [-0.2, 0) is 27.4 Å². The molecular formula is C23H29NO4. The molecule has 3 rings (SSSR count). The number of rotatable bonds is 9. The van der Waals surface area contributed by atoms with Crippen LogP contribution in [0.4, 0.5) is 0 Å². The van der Waals surface area contributed by atoms with Crippen molar-refractivity contribution in [3.8, 4) is 0 Å². The fraction of sp³-hybridized carbons (Fsp3) is 0.391. The van der Waals surface area contributed by atoms with Crippen molar-refractivity contribution in [2.75, 3.05) is 6.61 Å². The van der Waals surface area contributed by atoms with Gasteiger partial charge in [-0.25, -0.2) is 0 Å². The van der Waals surface area contributed by atoms with Gasteiger partial charge in [-0.3, -0.25) is 0 Å². The molecule has 1 heterocycles. The molecule has 1 aliphatic heterocycles. The molecule has 1 fully saturated rings. The standard InChI is InChI=1S/C23H29NO4/c1-2-9-19-21(24)23(27-15-18-12-7-4-8-13-18)22(25)20(28-19)16-26-14-17-10-5-3-6-11-17/h2-8,10-13,19-23,25H,1,9,14-16,24H2. The van der Waals surface area contributed by atoms with Crippen molar-refractivity contribution in [2.45, 2.75) is 50.1 Å². The number of benzene rings is 2. The van der Waals surface area contributed by atoms with E-state index in [0.29, 0.717) is 19.6 Å². The van der Waals surface area contributed by atoms with Crippen LogP contribution in [0.2, 0.25) is 0 Å². The molecule has 2 aromatic carbocycles. The highest BCUT2D eigenvalue weighted by atomic mass is 16.6. The molecule has 1 aliphatic rings. The highest BCUT2D eigenvalue weighted by Crippen LogP contribution is 2.26. The van der Waals surface area contributed by atoms with Gasteiger partial charge in [-0.05, 0) is 17.5 Å². The van der Waals surface area contributed by atoms with Crippen molar-refractivity contribution in [2.24, 2.45) is 5.73 Å². The van der Waals surface area contributed by atoms with Crippen molar-refractivity contribution in [1.82, 2.24) is 0 Å². The molecule has 5 heteroatoms. The third-order valence-corrected chi connectivity index (χ3v) is 4.95. The minimum absolute atomic E-state index is 0.265. The van der Waals surface area contributed by atoms with Gasteiger partial charge in [-0.1, -0.05) is 66.7 Å². The summed E-state index contributed by atoms with van der Waals surface area (Å²) in [4.78, 5) is 0. The van der Waals surface area contributed by atoms with E-state index < -0.39 is 24.4 Å². The molecule has 150 valence electrons. The fourth-order valence-corrected chi connectivity index (χ4v) is 3.40. The maximum atomic E-state index is 10.8. The molecule has 0 aliphatic carbocycles. The van der Waals surface area contributed by atoms with Crippen LogP contribution in [-0.4, -0.2) is 42.2 Å². The molecule has 0 saturated carbocycles. The van der Waals surface area contributed by atoms with E-state index in [1.165, 1.54) is 0 Å². The van der Waals surface area contributed by atoms with Crippen LogP contribution in [0, 0.1) is 0 Å². The van der Waals surface area contributed by atoms with Gasteiger partial charge in [-0.2, -0.15) is 0 Å². The normalized spacial score (nSPS) is 27.4. The van der Waals surface area contributed by atoms with Gasteiger partial charge in [0.2, 0.25) is 0 Å². The van der Waals surface area contributed by atoms with E-state index in [4.69, 9.17) is 19.9 Å². The van der Waals surface area contributed by atoms with Crippen molar-refractivity contribution in [3.63, 3.8) is 0 Å². The lowest BCUT2D eigenvalue weighted by molar-refractivity contribution is -0.209. The number of nitrogens with two attached hydrogens (primary N) is 1. The lowest BCUT2D eigenvalue weighted by Crippen LogP contribution is -2.62. The number of aliphatic hydroxyl groups is 1. The molecule has 5 atom stereocenters. The summed E-state index contributed by atoms with van der Waals surface area (Å²) < 4.78 is 17.8. The zero-order chi connectivity index (χ0) is 19.8. The molecule has 5 unspecified atom stereocenters. The van der Waals surface area contributed by atoms with E-state index in [0.717, 1.165) is 11.1 Å². The van der Waals surface area contributed by atoms with Gasteiger partial charge in [0, 0.05) is 0 Å². The second-order valence-electron chi connectivity index (χ2n) is 7.07. The molecule has 1 saturated heterocycles. The fourth-order valence-electron chi connectivity index (χ4n) is 3.40. The van der Waals surface area contributed by atoms with Gasteiger partial charge in [0.05, 0.1) is 32.0 Å². The van der Waals surface area contributed by atoms with E-state index in [2.05, 4.69) is 6.58 Å². The Labute approximate surface area is 166 Å². The Kier molecular flexibility index (Phi) is 7.77. The Balaban J connectivity index is 1.61. The van der Waals surface area contributed by atoms with Gasteiger partial charge in [-0.15, -0.1) is 6.58 Å². The average Bonchev–Trinajstić information content (AvgIpc) is 2.73. The van der Waals surface area contributed by atoms with Crippen LogP contribution in [0.15, 0.2) is 73.3 Å². The minimum Gasteiger partial charge on any atom is -0.388 e. The summed E-state index contributed by atoms with van der Waals surface area (Å²) in [6.45, 7) is 4.89. The summed E-state index contributed by atoms with van der Waals surface area (Å²) in [5.74, 6) is 0. The molecular weight excluding hydrogens is 354 g/mol. The Morgan fingerprint density at radius 3 is 2.18 bits per heavy atom. The zero-order valence-electron chi connectivity index (χ0n) is 16.0. The first kappa shape index (κ1) is 20.7. The predicted molar refractivity (Wildman–Crippen MR) is 109 cm³/mol. The van der Waals surface area contributed by atoms with Crippen LogP contribution in [0.1, 0.15) is 17.5 Å². The minimum atomic E-state index is -0.865. The lowest BCUT2D eigenvalue weighted by atomic mass is 9.91. The quantitative estimate of drug-likeness (QED) is 0.652. The molecule has 0 spiro atoms. The maximum Gasteiger partial charge on any atom is 0.110 e. The SMILES string of the molecule is C=CCC1OC(COCc2ccccc2)C(O)C(OCc2ccccc2)C1N. The highest BCUT2D eigenvalue weighted by Gasteiger charge is 2.43. The molecule has 2 aromatic rings. The van der Waals surface area contributed by atoms with E-state index in [-0.39, 0.29) is 12.7 Å². The zero-order valence-corrected chi connectivity index (χ0v) is 16.0. The monoisotopic (exact) mass is 383 g/mol. The first-order valence-electron chi connectivity index (χ1n) is 9.66. The van der Waals surface area contributed by atoms with E-state index in [1.54, 1.807) is 6.08 Å². The van der Waals surface area contributed by atoms with Crippen molar-refractivity contribution < 1.29 is 19.3 Å². The Morgan fingerprint density at radius 2 is 1.57 bits per heavy atom. The van der Waals surface area contributed by atoms with Crippen molar-refractivity contribution in [1.29, 1.82) is 0 Å². The van der Waals surface area contributed by atoms with Crippen LogP contribution >= 0.6 is 0 Å². The Bertz CT molecular complexity index is 709. The number of ether oxygens (including phenoxy) is 3. The van der Waals surface area contributed by atoms with Crippen LogP contribution in [0.5, 0.6) is 0 Å². The number of aliphatic hydroxyl groups excluding tert-OH is 1. The number of hydrogen-bond donors (Lipinski definition) is 2. The smallest absolute Gasteiger partial charge is 0.110 e. The first-order chi connectivity index (χ1) is 13.7. The predicted octanol–water partition coefficient (Wildman–Crippen LogP) is 2.82. The highest BCUT2D eigenvalue weighted by molar-refractivity contribution is 5.14. The van der Waals surface area contributed by atoms with E-state index in [9.17, 15) is 5.11 Å². The van der Waals surface area contributed by atoms with E-state index in [1.807, 2.05) is 60.7 Å². The van der Waals surface area contributed by atoms with Gasteiger partial charge in [0.15, 0.2) is 0 Å². The second kappa shape index (κ2) is 10.5. The van der Waals surface area contributed by atoms with Crippen molar-refractivity contribution in [3.05, 3.63) is 84.4 Å². The largest absolute Gasteiger partial charge is 0.388 e. The molecule has 0 amide bonds. The third kappa shape index (κ3) is 5.50. The lowest BCUT2D eigenvalue weighted by Gasteiger charge is -2.43. The summed E-state index contributed by atoms with van der Waals surface area (Å²) in [5.41, 5.74) is 8.45. The van der Waals surface area contributed by atoms with Gasteiger partial charge < -0.3 is 25.1 Å².